The van der Waals surface area contributed by atoms with E-state index in [1.807, 2.05) is 7.05 Å². The Morgan fingerprint density at radius 3 is 3.06 bits per heavy atom. The monoisotopic (exact) mass is 254 g/mol. The number of hydrogen-bond acceptors (Lipinski definition) is 3. The minimum atomic E-state index is -0.370. The van der Waals surface area contributed by atoms with Crippen LogP contribution in [-0.2, 0) is 6.42 Å². The van der Waals surface area contributed by atoms with Crippen LogP contribution >= 0.6 is 11.6 Å². The third-order valence-corrected chi connectivity index (χ3v) is 2.57. The van der Waals surface area contributed by atoms with Crippen LogP contribution in [0.15, 0.2) is 28.8 Å². The van der Waals surface area contributed by atoms with Crippen molar-refractivity contribution in [1.82, 2.24) is 10.3 Å². The van der Waals surface area contributed by atoms with Crippen LogP contribution in [0, 0.1) is 5.82 Å². The number of rotatable bonds is 4. The zero-order valence-electron chi connectivity index (χ0n) is 9.34. The molecular formula is C12H12ClFN2O. The van der Waals surface area contributed by atoms with E-state index in [9.17, 15) is 4.39 Å². The normalized spacial score (nSPS) is 10.8. The SMILES string of the molecule is CNCCc1ncc(-c2cc(Cl)ccc2F)o1. The first-order valence-electron chi connectivity index (χ1n) is 5.25. The number of hydrogen-bond donors (Lipinski definition) is 1. The highest BCUT2D eigenvalue weighted by atomic mass is 35.5. The second-order valence-corrected chi connectivity index (χ2v) is 4.03. The molecule has 17 heavy (non-hydrogen) atoms. The van der Waals surface area contributed by atoms with Crippen molar-refractivity contribution in [2.75, 3.05) is 13.6 Å². The number of nitrogens with zero attached hydrogens (tertiary/aromatic N) is 1. The van der Waals surface area contributed by atoms with E-state index in [4.69, 9.17) is 16.0 Å². The van der Waals surface area contributed by atoms with E-state index in [2.05, 4.69) is 10.3 Å². The van der Waals surface area contributed by atoms with Gasteiger partial charge in [0.05, 0.1) is 11.8 Å². The molecule has 1 aromatic carbocycles. The summed E-state index contributed by atoms with van der Waals surface area (Å²) in [5.74, 6) is 0.607. The maximum Gasteiger partial charge on any atom is 0.196 e. The Morgan fingerprint density at radius 1 is 1.47 bits per heavy atom. The van der Waals surface area contributed by atoms with Gasteiger partial charge in [-0.3, -0.25) is 0 Å². The van der Waals surface area contributed by atoms with Gasteiger partial charge in [0.15, 0.2) is 11.7 Å². The van der Waals surface area contributed by atoms with Gasteiger partial charge >= 0.3 is 0 Å². The molecule has 0 fully saturated rings. The molecule has 2 rings (SSSR count). The molecular weight excluding hydrogens is 243 g/mol. The second-order valence-electron chi connectivity index (χ2n) is 3.60. The first-order chi connectivity index (χ1) is 8.20. The van der Waals surface area contributed by atoms with Gasteiger partial charge in [0.25, 0.3) is 0 Å². The lowest BCUT2D eigenvalue weighted by molar-refractivity contribution is 0.497. The molecule has 0 aliphatic heterocycles. The average Bonchev–Trinajstić information content (AvgIpc) is 2.78. The first-order valence-corrected chi connectivity index (χ1v) is 5.63. The van der Waals surface area contributed by atoms with E-state index < -0.39 is 0 Å². The largest absolute Gasteiger partial charge is 0.441 e. The smallest absolute Gasteiger partial charge is 0.196 e. The number of aromatic nitrogens is 1. The molecule has 2 aromatic rings. The van der Waals surface area contributed by atoms with Crippen LogP contribution in [-0.4, -0.2) is 18.6 Å². The topological polar surface area (TPSA) is 38.1 Å². The molecule has 0 aliphatic carbocycles. The molecule has 0 aliphatic rings. The van der Waals surface area contributed by atoms with Crippen LogP contribution in [0.4, 0.5) is 4.39 Å². The summed E-state index contributed by atoms with van der Waals surface area (Å²) >= 11 is 5.82. The van der Waals surface area contributed by atoms with Crippen molar-refractivity contribution in [2.24, 2.45) is 0 Å². The third-order valence-electron chi connectivity index (χ3n) is 2.34. The van der Waals surface area contributed by atoms with Gasteiger partial charge in [-0.05, 0) is 25.2 Å². The number of benzene rings is 1. The van der Waals surface area contributed by atoms with Crippen molar-refractivity contribution in [3.8, 4) is 11.3 Å². The maximum atomic E-state index is 13.6. The molecule has 0 saturated heterocycles. The molecule has 0 saturated carbocycles. The van der Waals surface area contributed by atoms with Gasteiger partial charge in [0, 0.05) is 18.0 Å². The Kier molecular flexibility index (Phi) is 3.76. The fraction of sp³-hybridized carbons (Fsp3) is 0.250. The van der Waals surface area contributed by atoms with Crippen LogP contribution in [0.2, 0.25) is 5.02 Å². The van der Waals surface area contributed by atoms with Crippen LogP contribution in [0.3, 0.4) is 0 Å². The first kappa shape index (κ1) is 12.1. The van der Waals surface area contributed by atoms with Crippen molar-refractivity contribution < 1.29 is 8.81 Å². The van der Waals surface area contributed by atoms with Gasteiger partial charge in [0.1, 0.15) is 5.82 Å². The predicted octanol–water partition coefficient (Wildman–Crippen LogP) is 2.90. The van der Waals surface area contributed by atoms with Crippen molar-refractivity contribution in [2.45, 2.75) is 6.42 Å². The van der Waals surface area contributed by atoms with Crippen LogP contribution in [0.25, 0.3) is 11.3 Å². The second kappa shape index (κ2) is 5.29. The summed E-state index contributed by atoms with van der Waals surface area (Å²) in [5.41, 5.74) is 0.334. The predicted molar refractivity (Wildman–Crippen MR) is 64.5 cm³/mol. The summed E-state index contributed by atoms with van der Waals surface area (Å²) in [6, 6.07) is 4.34. The maximum absolute atomic E-state index is 13.6. The lowest BCUT2D eigenvalue weighted by Crippen LogP contribution is -2.10. The summed E-state index contributed by atoms with van der Waals surface area (Å²) in [6.45, 7) is 0.762. The van der Waals surface area contributed by atoms with E-state index in [0.717, 1.165) is 6.54 Å². The highest BCUT2D eigenvalue weighted by molar-refractivity contribution is 6.30. The van der Waals surface area contributed by atoms with Crippen LogP contribution in [0.1, 0.15) is 5.89 Å². The molecule has 3 nitrogen and oxygen atoms in total. The van der Waals surface area contributed by atoms with Crippen molar-refractivity contribution >= 4 is 11.6 Å². The van der Waals surface area contributed by atoms with Crippen LogP contribution < -0.4 is 5.32 Å². The lowest BCUT2D eigenvalue weighted by Gasteiger charge is -1.99. The minimum absolute atomic E-state index is 0.334. The van der Waals surface area contributed by atoms with Gasteiger partial charge in [-0.25, -0.2) is 9.37 Å². The van der Waals surface area contributed by atoms with Crippen molar-refractivity contribution in [3.63, 3.8) is 0 Å². The molecule has 0 unspecified atom stereocenters. The Bertz CT molecular complexity index is 513. The van der Waals surface area contributed by atoms with Gasteiger partial charge in [0.2, 0.25) is 0 Å². The number of likely N-dealkylation sites (N-methyl/N-ethyl adjacent to an activating group) is 1. The number of nitrogens with one attached hydrogen (secondary N) is 1. The molecule has 1 heterocycles. The zero-order valence-corrected chi connectivity index (χ0v) is 10.1. The fourth-order valence-electron chi connectivity index (χ4n) is 1.47. The minimum Gasteiger partial charge on any atom is -0.441 e. The molecule has 0 bridgehead atoms. The zero-order chi connectivity index (χ0) is 12.3. The molecule has 5 heteroatoms. The van der Waals surface area contributed by atoms with Gasteiger partial charge in [-0.2, -0.15) is 0 Å². The molecule has 90 valence electrons. The third kappa shape index (κ3) is 2.84. The van der Waals surface area contributed by atoms with E-state index in [1.165, 1.54) is 24.4 Å². The van der Waals surface area contributed by atoms with E-state index in [-0.39, 0.29) is 5.82 Å². The van der Waals surface area contributed by atoms with Crippen molar-refractivity contribution in [3.05, 3.63) is 41.1 Å². The Labute approximate surface area is 104 Å². The standard InChI is InChI=1S/C12H12ClFN2O/c1-15-5-4-12-16-7-11(17-12)9-6-8(13)2-3-10(9)14/h2-3,6-7,15H,4-5H2,1H3. The summed E-state index contributed by atoms with van der Waals surface area (Å²) in [5, 5.41) is 3.46. The highest BCUT2D eigenvalue weighted by Gasteiger charge is 2.11. The number of halogens is 2. The fourth-order valence-corrected chi connectivity index (χ4v) is 1.64. The van der Waals surface area contributed by atoms with Gasteiger partial charge in [-0.1, -0.05) is 11.6 Å². The average molecular weight is 255 g/mol. The highest BCUT2D eigenvalue weighted by Crippen LogP contribution is 2.26. The molecule has 0 radical (unpaired) electrons. The molecule has 1 N–H and O–H groups in total. The summed E-state index contributed by atoms with van der Waals surface area (Å²) in [7, 11) is 1.85. The molecule has 0 spiro atoms. The molecule has 1 aromatic heterocycles. The number of oxazole rings is 1. The summed E-state index contributed by atoms with van der Waals surface area (Å²) < 4.78 is 19.0. The Morgan fingerprint density at radius 2 is 2.29 bits per heavy atom. The van der Waals surface area contributed by atoms with E-state index in [0.29, 0.717) is 28.7 Å². The summed E-state index contributed by atoms with van der Waals surface area (Å²) in [4.78, 5) is 4.08. The van der Waals surface area contributed by atoms with Crippen LogP contribution in [0.5, 0.6) is 0 Å². The molecule has 0 amide bonds. The van der Waals surface area contributed by atoms with E-state index >= 15 is 0 Å². The van der Waals surface area contributed by atoms with Crippen molar-refractivity contribution in [1.29, 1.82) is 0 Å². The Balaban J connectivity index is 2.27. The van der Waals surface area contributed by atoms with Gasteiger partial charge < -0.3 is 9.73 Å². The van der Waals surface area contributed by atoms with Gasteiger partial charge in [-0.15, -0.1) is 0 Å². The quantitative estimate of drug-likeness (QED) is 0.912. The lowest BCUT2D eigenvalue weighted by atomic mass is 10.2. The Hall–Kier alpha value is -1.39. The van der Waals surface area contributed by atoms with E-state index in [1.54, 1.807) is 0 Å². The summed E-state index contributed by atoms with van der Waals surface area (Å²) in [6.07, 6.45) is 2.18. The molecule has 0 atom stereocenters.